The molecule has 2 aliphatic heterocycles. The number of carbonyl (C=O) groups is 1. The van der Waals surface area contributed by atoms with E-state index >= 15 is 0 Å². The number of hydrogen-bond donors (Lipinski definition) is 1. The van der Waals surface area contributed by atoms with Crippen molar-refractivity contribution in [2.45, 2.75) is 58.4 Å². The molecule has 2 atom stereocenters. The quantitative estimate of drug-likeness (QED) is 0.904. The van der Waals surface area contributed by atoms with Crippen molar-refractivity contribution in [3.8, 4) is 0 Å². The average Bonchev–Trinajstić information content (AvgIpc) is 3.16. The molecule has 3 heterocycles. The zero-order valence-corrected chi connectivity index (χ0v) is 15.3. The van der Waals surface area contributed by atoms with Crippen LogP contribution in [-0.2, 0) is 24.8 Å². The van der Waals surface area contributed by atoms with Crippen molar-refractivity contribution in [1.29, 1.82) is 0 Å². The van der Waals surface area contributed by atoms with Crippen LogP contribution in [0.4, 0.5) is 0 Å². The van der Waals surface area contributed by atoms with Crippen LogP contribution < -0.4 is 5.32 Å². The number of nitrogens with zero attached hydrogens (tertiary/aromatic N) is 3. The predicted molar refractivity (Wildman–Crippen MR) is 93.7 cm³/mol. The van der Waals surface area contributed by atoms with Gasteiger partial charge in [0, 0.05) is 38.2 Å². The molecule has 1 N–H and O–H groups in total. The van der Waals surface area contributed by atoms with Gasteiger partial charge >= 0.3 is 0 Å². The Morgan fingerprint density at radius 3 is 3.00 bits per heavy atom. The molecule has 24 heavy (non-hydrogen) atoms. The van der Waals surface area contributed by atoms with Gasteiger partial charge in [-0.3, -0.25) is 4.79 Å². The van der Waals surface area contributed by atoms with Gasteiger partial charge in [0.25, 0.3) is 0 Å². The van der Waals surface area contributed by atoms with Gasteiger partial charge in [-0.15, -0.1) is 0 Å². The summed E-state index contributed by atoms with van der Waals surface area (Å²) in [4.78, 5) is 20.4. The number of imidazole rings is 1. The van der Waals surface area contributed by atoms with Crippen LogP contribution in [0.3, 0.4) is 0 Å². The predicted octanol–water partition coefficient (Wildman–Crippen LogP) is 2.21. The van der Waals surface area contributed by atoms with Gasteiger partial charge in [-0.2, -0.15) is 0 Å². The van der Waals surface area contributed by atoms with Crippen LogP contribution in [0.2, 0.25) is 0 Å². The van der Waals surface area contributed by atoms with E-state index < -0.39 is 0 Å². The number of amides is 1. The summed E-state index contributed by atoms with van der Waals surface area (Å²) < 4.78 is 2.25. The second-order valence-corrected chi connectivity index (χ2v) is 8.28. The molecular weight excluding hydrogens is 300 g/mol. The first-order valence-electron chi connectivity index (χ1n) is 9.57. The van der Waals surface area contributed by atoms with Crippen molar-refractivity contribution in [2.24, 2.45) is 18.4 Å². The fourth-order valence-corrected chi connectivity index (χ4v) is 5.22. The highest BCUT2D eigenvalue weighted by Crippen LogP contribution is 2.45. The van der Waals surface area contributed by atoms with E-state index in [0.29, 0.717) is 24.3 Å². The summed E-state index contributed by atoms with van der Waals surface area (Å²) in [5.41, 5.74) is 2.31. The summed E-state index contributed by atoms with van der Waals surface area (Å²) in [6.45, 7) is 7.81. The Morgan fingerprint density at radius 2 is 2.21 bits per heavy atom. The van der Waals surface area contributed by atoms with Gasteiger partial charge in [0.15, 0.2) is 0 Å². The minimum atomic E-state index is -0.134. The highest BCUT2D eigenvalue weighted by molar-refractivity contribution is 5.84. The molecule has 1 aromatic rings. The number of carbonyl (C=O) groups excluding carboxylic acids is 1. The maximum atomic E-state index is 13.4. The molecule has 3 aliphatic rings. The standard InChI is InChI=1S/C19H30N4O/c1-13(2)17-21-15-11-23(9-7-16(15)22(17)3)18(24)19-8-5-4-6-14(19)10-20-12-19/h13-14,20H,4-12H2,1-3H3/t14-,19+/m0/s1. The number of nitrogens with one attached hydrogen (secondary N) is 1. The van der Waals surface area contributed by atoms with Gasteiger partial charge in [-0.05, 0) is 25.3 Å². The SMILES string of the molecule is CC(C)c1nc2c(n1C)CCN(C(=O)[C@@]13CCCC[C@H]1CNC3)C2. The van der Waals surface area contributed by atoms with Crippen LogP contribution in [0.5, 0.6) is 0 Å². The van der Waals surface area contributed by atoms with E-state index in [-0.39, 0.29) is 5.41 Å². The largest absolute Gasteiger partial charge is 0.336 e. The molecule has 2 fully saturated rings. The van der Waals surface area contributed by atoms with E-state index in [0.717, 1.165) is 44.0 Å². The summed E-state index contributed by atoms with van der Waals surface area (Å²) in [5, 5.41) is 3.51. The zero-order valence-electron chi connectivity index (χ0n) is 15.3. The fraction of sp³-hybridized carbons (Fsp3) is 0.789. The second kappa shape index (κ2) is 5.87. The first-order valence-corrected chi connectivity index (χ1v) is 9.57. The van der Waals surface area contributed by atoms with Gasteiger partial charge in [-0.25, -0.2) is 4.98 Å². The summed E-state index contributed by atoms with van der Waals surface area (Å²) in [6, 6.07) is 0. The Bertz CT molecular complexity index is 650. The van der Waals surface area contributed by atoms with E-state index in [1.807, 2.05) is 0 Å². The molecule has 0 spiro atoms. The van der Waals surface area contributed by atoms with Crippen molar-refractivity contribution in [3.63, 3.8) is 0 Å². The van der Waals surface area contributed by atoms with E-state index in [1.165, 1.54) is 25.0 Å². The Hall–Kier alpha value is -1.36. The molecule has 1 saturated carbocycles. The minimum Gasteiger partial charge on any atom is -0.336 e. The van der Waals surface area contributed by atoms with Gasteiger partial charge in [0.1, 0.15) is 5.82 Å². The molecule has 0 bridgehead atoms. The fourth-order valence-electron chi connectivity index (χ4n) is 5.22. The van der Waals surface area contributed by atoms with Gasteiger partial charge in [0.05, 0.1) is 17.7 Å². The Balaban J connectivity index is 1.58. The van der Waals surface area contributed by atoms with Crippen molar-refractivity contribution in [3.05, 3.63) is 17.2 Å². The van der Waals surface area contributed by atoms with Crippen LogP contribution in [-0.4, -0.2) is 40.0 Å². The highest BCUT2D eigenvalue weighted by Gasteiger charge is 2.51. The third-order valence-corrected chi connectivity index (χ3v) is 6.56. The Morgan fingerprint density at radius 1 is 1.38 bits per heavy atom. The molecule has 1 amide bonds. The van der Waals surface area contributed by atoms with Gasteiger partial charge in [0.2, 0.25) is 5.91 Å². The van der Waals surface area contributed by atoms with Crippen LogP contribution >= 0.6 is 0 Å². The molecule has 5 heteroatoms. The first-order chi connectivity index (χ1) is 11.5. The maximum absolute atomic E-state index is 13.4. The second-order valence-electron chi connectivity index (χ2n) is 8.28. The van der Waals surface area contributed by atoms with Crippen molar-refractivity contribution in [1.82, 2.24) is 19.8 Å². The zero-order chi connectivity index (χ0) is 16.9. The topological polar surface area (TPSA) is 50.2 Å². The molecule has 1 aromatic heterocycles. The van der Waals surface area contributed by atoms with Gasteiger partial charge < -0.3 is 14.8 Å². The van der Waals surface area contributed by atoms with E-state index in [4.69, 9.17) is 4.98 Å². The molecule has 4 rings (SSSR count). The first kappa shape index (κ1) is 16.1. The van der Waals surface area contributed by atoms with Crippen molar-refractivity contribution in [2.75, 3.05) is 19.6 Å². The van der Waals surface area contributed by atoms with Gasteiger partial charge in [-0.1, -0.05) is 26.7 Å². The molecule has 5 nitrogen and oxygen atoms in total. The molecular formula is C19H30N4O. The van der Waals surface area contributed by atoms with Crippen molar-refractivity contribution < 1.29 is 4.79 Å². The molecule has 1 aliphatic carbocycles. The lowest BCUT2D eigenvalue weighted by atomic mass is 9.67. The molecule has 0 unspecified atom stereocenters. The smallest absolute Gasteiger partial charge is 0.230 e. The molecule has 1 saturated heterocycles. The summed E-state index contributed by atoms with van der Waals surface area (Å²) in [6.07, 6.45) is 5.68. The lowest BCUT2D eigenvalue weighted by Gasteiger charge is -2.41. The number of aromatic nitrogens is 2. The maximum Gasteiger partial charge on any atom is 0.230 e. The number of hydrogen-bond acceptors (Lipinski definition) is 3. The Kier molecular flexibility index (Phi) is 3.94. The lowest BCUT2D eigenvalue weighted by molar-refractivity contribution is -0.146. The van der Waals surface area contributed by atoms with Crippen LogP contribution in [0.15, 0.2) is 0 Å². The monoisotopic (exact) mass is 330 g/mol. The van der Waals surface area contributed by atoms with Crippen LogP contribution in [0.1, 0.15) is 62.7 Å². The molecule has 0 aromatic carbocycles. The van der Waals surface area contributed by atoms with E-state index in [9.17, 15) is 4.79 Å². The van der Waals surface area contributed by atoms with Crippen LogP contribution in [0, 0.1) is 11.3 Å². The number of rotatable bonds is 2. The van der Waals surface area contributed by atoms with E-state index in [1.54, 1.807) is 0 Å². The normalized spacial score (nSPS) is 29.7. The minimum absolute atomic E-state index is 0.134. The third kappa shape index (κ3) is 2.32. The highest BCUT2D eigenvalue weighted by atomic mass is 16.2. The average molecular weight is 330 g/mol. The lowest BCUT2D eigenvalue weighted by Crippen LogP contribution is -2.51. The summed E-state index contributed by atoms with van der Waals surface area (Å²) >= 11 is 0. The van der Waals surface area contributed by atoms with Crippen molar-refractivity contribution >= 4 is 5.91 Å². The number of fused-ring (bicyclic) bond motifs is 2. The van der Waals surface area contributed by atoms with E-state index in [2.05, 4.69) is 35.7 Å². The van der Waals surface area contributed by atoms with Crippen LogP contribution in [0.25, 0.3) is 0 Å². The third-order valence-electron chi connectivity index (χ3n) is 6.56. The molecule has 132 valence electrons. The Labute approximate surface area is 144 Å². The molecule has 0 radical (unpaired) electrons. The summed E-state index contributed by atoms with van der Waals surface area (Å²) in [7, 11) is 2.12. The summed E-state index contributed by atoms with van der Waals surface area (Å²) in [5.74, 6) is 2.49.